The van der Waals surface area contributed by atoms with Crippen LogP contribution in [0.2, 0.25) is 0 Å². The van der Waals surface area contributed by atoms with Crippen molar-refractivity contribution in [3.05, 3.63) is 18.5 Å². The van der Waals surface area contributed by atoms with Crippen LogP contribution in [0, 0.1) is 0 Å². The zero-order chi connectivity index (χ0) is 11.4. The van der Waals surface area contributed by atoms with Gasteiger partial charge in [0.1, 0.15) is 0 Å². The standard InChI is InChI=1S/C12H22N4/c1-10(9-16-8-2-7-14-16)15-12-5-3-11(13)4-6-12/h2,7-8,10-12,15H,3-6,9,13H2,1H3. The molecule has 4 nitrogen and oxygen atoms in total. The maximum atomic E-state index is 5.90. The molecule has 0 radical (unpaired) electrons. The Kier molecular flexibility index (Phi) is 3.96. The van der Waals surface area contributed by atoms with Gasteiger partial charge in [0.15, 0.2) is 0 Å². The van der Waals surface area contributed by atoms with Crippen LogP contribution in [0.1, 0.15) is 32.6 Å². The molecule has 1 aromatic rings. The fourth-order valence-electron chi connectivity index (χ4n) is 2.43. The summed E-state index contributed by atoms with van der Waals surface area (Å²) in [5.74, 6) is 0. The molecule has 3 N–H and O–H groups in total. The lowest BCUT2D eigenvalue weighted by molar-refractivity contribution is 0.305. The Balaban J connectivity index is 1.72. The Morgan fingerprint density at radius 2 is 2.19 bits per heavy atom. The van der Waals surface area contributed by atoms with E-state index in [1.54, 1.807) is 0 Å². The van der Waals surface area contributed by atoms with Crippen molar-refractivity contribution in [1.82, 2.24) is 15.1 Å². The van der Waals surface area contributed by atoms with Gasteiger partial charge < -0.3 is 11.1 Å². The highest BCUT2D eigenvalue weighted by Gasteiger charge is 2.19. The molecule has 1 unspecified atom stereocenters. The monoisotopic (exact) mass is 222 g/mol. The molecule has 1 aliphatic carbocycles. The maximum Gasteiger partial charge on any atom is 0.0560 e. The molecule has 1 saturated carbocycles. The molecule has 1 heterocycles. The average Bonchev–Trinajstić information content (AvgIpc) is 2.74. The Morgan fingerprint density at radius 3 is 2.81 bits per heavy atom. The number of nitrogens with zero attached hydrogens (tertiary/aromatic N) is 2. The van der Waals surface area contributed by atoms with E-state index in [2.05, 4.69) is 17.3 Å². The lowest BCUT2D eigenvalue weighted by Crippen LogP contribution is -2.43. The molecule has 0 saturated heterocycles. The number of nitrogens with two attached hydrogens (primary N) is 1. The Morgan fingerprint density at radius 1 is 1.44 bits per heavy atom. The van der Waals surface area contributed by atoms with Gasteiger partial charge in [-0.2, -0.15) is 5.10 Å². The summed E-state index contributed by atoms with van der Waals surface area (Å²) in [6.45, 7) is 3.16. The molecule has 90 valence electrons. The van der Waals surface area contributed by atoms with Gasteiger partial charge >= 0.3 is 0 Å². The summed E-state index contributed by atoms with van der Waals surface area (Å²) < 4.78 is 1.98. The van der Waals surface area contributed by atoms with Crippen molar-refractivity contribution in [2.75, 3.05) is 0 Å². The summed E-state index contributed by atoms with van der Waals surface area (Å²) in [6.07, 6.45) is 8.58. The summed E-state index contributed by atoms with van der Waals surface area (Å²) in [7, 11) is 0. The lowest BCUT2D eigenvalue weighted by Gasteiger charge is -2.29. The van der Waals surface area contributed by atoms with Gasteiger partial charge in [-0.05, 0) is 38.7 Å². The molecular formula is C12H22N4. The summed E-state index contributed by atoms with van der Waals surface area (Å²) >= 11 is 0. The van der Waals surface area contributed by atoms with E-state index in [0.717, 1.165) is 19.4 Å². The van der Waals surface area contributed by atoms with Gasteiger partial charge in [0.05, 0.1) is 6.54 Å². The van der Waals surface area contributed by atoms with Gasteiger partial charge in [0, 0.05) is 30.5 Å². The number of aromatic nitrogens is 2. The molecule has 0 aromatic carbocycles. The molecule has 4 heteroatoms. The highest BCUT2D eigenvalue weighted by Crippen LogP contribution is 2.17. The zero-order valence-corrected chi connectivity index (χ0v) is 9.97. The van der Waals surface area contributed by atoms with Crippen LogP contribution >= 0.6 is 0 Å². The van der Waals surface area contributed by atoms with Gasteiger partial charge in [-0.25, -0.2) is 0 Å². The summed E-state index contributed by atoms with van der Waals surface area (Å²) in [5.41, 5.74) is 5.90. The van der Waals surface area contributed by atoms with E-state index in [4.69, 9.17) is 5.73 Å². The number of rotatable bonds is 4. The molecule has 1 atom stereocenters. The molecule has 0 aliphatic heterocycles. The van der Waals surface area contributed by atoms with E-state index >= 15 is 0 Å². The average molecular weight is 222 g/mol. The second-order valence-corrected chi connectivity index (χ2v) is 4.91. The first-order valence-corrected chi connectivity index (χ1v) is 6.23. The summed E-state index contributed by atoms with van der Waals surface area (Å²) in [6, 6.07) is 3.51. The predicted molar refractivity (Wildman–Crippen MR) is 65.1 cm³/mol. The van der Waals surface area contributed by atoms with E-state index in [1.807, 2.05) is 23.1 Å². The van der Waals surface area contributed by atoms with Crippen molar-refractivity contribution in [3.8, 4) is 0 Å². The third-order valence-electron chi connectivity index (χ3n) is 3.31. The molecule has 1 fully saturated rings. The summed E-state index contributed by atoms with van der Waals surface area (Å²) in [4.78, 5) is 0. The van der Waals surface area contributed by atoms with E-state index in [-0.39, 0.29) is 0 Å². The van der Waals surface area contributed by atoms with Crippen LogP contribution in [0.25, 0.3) is 0 Å². The Hall–Kier alpha value is -0.870. The fraction of sp³-hybridized carbons (Fsp3) is 0.750. The van der Waals surface area contributed by atoms with Gasteiger partial charge in [0.25, 0.3) is 0 Å². The van der Waals surface area contributed by atoms with Crippen molar-refractivity contribution in [1.29, 1.82) is 0 Å². The third kappa shape index (κ3) is 3.32. The van der Waals surface area contributed by atoms with Crippen LogP contribution in [-0.4, -0.2) is 27.9 Å². The molecule has 0 amide bonds. The van der Waals surface area contributed by atoms with Gasteiger partial charge in [-0.3, -0.25) is 4.68 Å². The molecular weight excluding hydrogens is 200 g/mol. The normalized spacial score (nSPS) is 27.9. The first-order valence-electron chi connectivity index (χ1n) is 6.23. The maximum absolute atomic E-state index is 5.90. The van der Waals surface area contributed by atoms with Gasteiger partial charge in [-0.15, -0.1) is 0 Å². The van der Waals surface area contributed by atoms with Crippen LogP contribution < -0.4 is 11.1 Å². The highest BCUT2D eigenvalue weighted by molar-refractivity contribution is 4.82. The van der Waals surface area contributed by atoms with E-state index in [1.165, 1.54) is 12.8 Å². The predicted octanol–water partition coefficient (Wildman–Crippen LogP) is 1.13. The number of hydrogen-bond acceptors (Lipinski definition) is 3. The minimum atomic E-state index is 0.430. The molecule has 1 aromatic heterocycles. The number of hydrogen-bond donors (Lipinski definition) is 2. The molecule has 16 heavy (non-hydrogen) atoms. The van der Waals surface area contributed by atoms with Crippen molar-refractivity contribution in [2.24, 2.45) is 5.73 Å². The van der Waals surface area contributed by atoms with Crippen molar-refractivity contribution < 1.29 is 0 Å². The van der Waals surface area contributed by atoms with Crippen LogP contribution in [0.4, 0.5) is 0 Å². The summed E-state index contributed by atoms with van der Waals surface area (Å²) in [5, 5.41) is 7.88. The van der Waals surface area contributed by atoms with Crippen LogP contribution in [0.5, 0.6) is 0 Å². The first kappa shape index (κ1) is 11.6. The first-order chi connectivity index (χ1) is 7.74. The van der Waals surface area contributed by atoms with E-state index in [9.17, 15) is 0 Å². The van der Waals surface area contributed by atoms with Crippen molar-refractivity contribution in [2.45, 2.75) is 57.3 Å². The van der Waals surface area contributed by atoms with E-state index in [0.29, 0.717) is 18.1 Å². The SMILES string of the molecule is CC(Cn1cccn1)NC1CCC(N)CC1. The lowest BCUT2D eigenvalue weighted by atomic mass is 9.91. The van der Waals surface area contributed by atoms with E-state index < -0.39 is 0 Å². The fourth-order valence-corrected chi connectivity index (χ4v) is 2.43. The van der Waals surface area contributed by atoms with Gasteiger partial charge in [-0.1, -0.05) is 0 Å². The Bertz CT molecular complexity index is 288. The highest BCUT2D eigenvalue weighted by atomic mass is 15.3. The minimum absolute atomic E-state index is 0.430. The largest absolute Gasteiger partial charge is 0.328 e. The van der Waals surface area contributed by atoms with Crippen LogP contribution in [0.3, 0.4) is 0 Å². The quantitative estimate of drug-likeness (QED) is 0.803. The smallest absolute Gasteiger partial charge is 0.0560 e. The molecule has 2 rings (SSSR count). The molecule has 0 spiro atoms. The van der Waals surface area contributed by atoms with Crippen molar-refractivity contribution >= 4 is 0 Å². The zero-order valence-electron chi connectivity index (χ0n) is 9.97. The third-order valence-corrected chi connectivity index (χ3v) is 3.31. The second kappa shape index (κ2) is 5.46. The van der Waals surface area contributed by atoms with Crippen LogP contribution in [0.15, 0.2) is 18.5 Å². The molecule has 0 bridgehead atoms. The minimum Gasteiger partial charge on any atom is -0.328 e. The van der Waals surface area contributed by atoms with Gasteiger partial charge in [0.2, 0.25) is 0 Å². The topological polar surface area (TPSA) is 55.9 Å². The Labute approximate surface area is 97.2 Å². The number of nitrogens with one attached hydrogen (secondary N) is 1. The van der Waals surface area contributed by atoms with Crippen LogP contribution in [-0.2, 0) is 6.54 Å². The molecule has 1 aliphatic rings. The second-order valence-electron chi connectivity index (χ2n) is 4.91. The van der Waals surface area contributed by atoms with Crippen molar-refractivity contribution in [3.63, 3.8) is 0 Å².